The molecule has 1 aromatic heterocycles. The molecule has 0 spiro atoms. The molecule has 0 fully saturated rings. The molecule has 0 bridgehead atoms. The highest BCUT2D eigenvalue weighted by atomic mass is 14.6. The molecule has 62 valence electrons. The normalized spacial score (nSPS) is 13.5. The standard InChI is InChI=1S/C11H13N/c1-4-6-10-7-8-12-9(3)11(10)5-2/h4-8H,1H2,2-3H3/b10-6-,11-5-. The van der Waals surface area contributed by atoms with Crippen LogP contribution in [0.15, 0.2) is 24.9 Å². The summed E-state index contributed by atoms with van der Waals surface area (Å²) in [5.41, 5.74) is 1.06. The van der Waals surface area contributed by atoms with Gasteiger partial charge in [0.25, 0.3) is 0 Å². The van der Waals surface area contributed by atoms with Crippen LogP contribution in [0.3, 0.4) is 0 Å². The van der Waals surface area contributed by atoms with Gasteiger partial charge in [0.1, 0.15) is 0 Å². The first-order chi connectivity index (χ1) is 5.79. The van der Waals surface area contributed by atoms with Gasteiger partial charge in [-0.25, -0.2) is 0 Å². The lowest BCUT2D eigenvalue weighted by atomic mass is 10.2. The van der Waals surface area contributed by atoms with E-state index in [-0.39, 0.29) is 0 Å². The van der Waals surface area contributed by atoms with Crippen LogP contribution in [-0.4, -0.2) is 4.98 Å². The van der Waals surface area contributed by atoms with Crippen molar-refractivity contribution >= 4 is 12.2 Å². The number of pyridine rings is 1. The average Bonchev–Trinajstić information content (AvgIpc) is 2.05. The zero-order valence-electron chi connectivity index (χ0n) is 7.54. The highest BCUT2D eigenvalue weighted by Crippen LogP contribution is 1.77. The van der Waals surface area contributed by atoms with Crippen molar-refractivity contribution in [3.05, 3.63) is 41.0 Å². The molecule has 1 heteroatoms. The Kier molecular flexibility index (Phi) is 2.81. The SMILES string of the molecule is C=C/C=c1/ccnc(C)/c1=C/C. The number of aryl methyl sites for hydroxylation is 1. The molecule has 0 saturated heterocycles. The molecule has 0 unspecified atom stereocenters. The molecule has 0 aromatic carbocycles. The van der Waals surface area contributed by atoms with Crippen molar-refractivity contribution in [3.63, 3.8) is 0 Å². The fourth-order valence-corrected chi connectivity index (χ4v) is 1.25. The Hall–Kier alpha value is -1.37. The lowest BCUT2D eigenvalue weighted by molar-refractivity contribution is 1.15. The highest BCUT2D eigenvalue weighted by molar-refractivity contribution is 5.38. The van der Waals surface area contributed by atoms with Gasteiger partial charge in [-0.05, 0) is 30.4 Å². The summed E-state index contributed by atoms with van der Waals surface area (Å²) in [5.74, 6) is 0. The first kappa shape index (κ1) is 8.72. The minimum atomic E-state index is 1.06. The minimum absolute atomic E-state index is 1.06. The third-order valence-corrected chi connectivity index (χ3v) is 1.81. The van der Waals surface area contributed by atoms with Gasteiger partial charge in [-0.1, -0.05) is 24.8 Å². The average molecular weight is 159 g/mol. The smallest absolute Gasteiger partial charge is 0.0447 e. The Bertz CT molecular complexity index is 388. The van der Waals surface area contributed by atoms with E-state index in [4.69, 9.17) is 0 Å². The first-order valence-electron chi connectivity index (χ1n) is 4.00. The number of aromatic nitrogens is 1. The van der Waals surface area contributed by atoms with Gasteiger partial charge in [0.2, 0.25) is 0 Å². The number of rotatable bonds is 1. The Morgan fingerprint density at radius 3 is 2.83 bits per heavy atom. The maximum Gasteiger partial charge on any atom is 0.0447 e. The third kappa shape index (κ3) is 1.62. The Morgan fingerprint density at radius 2 is 2.25 bits per heavy atom. The molecule has 12 heavy (non-hydrogen) atoms. The lowest BCUT2D eigenvalue weighted by Gasteiger charge is -1.93. The molecule has 0 amide bonds. The molecule has 1 nitrogen and oxygen atoms in total. The van der Waals surface area contributed by atoms with Crippen LogP contribution >= 0.6 is 0 Å². The quantitative estimate of drug-likeness (QED) is 0.599. The highest BCUT2D eigenvalue weighted by Gasteiger charge is 1.88. The predicted octanol–water partition coefficient (Wildman–Crippen LogP) is 1.16. The first-order valence-corrected chi connectivity index (χ1v) is 4.00. The van der Waals surface area contributed by atoms with Gasteiger partial charge in [-0.15, -0.1) is 0 Å². The molecule has 0 aliphatic heterocycles. The van der Waals surface area contributed by atoms with Crippen LogP contribution in [0.2, 0.25) is 0 Å². The van der Waals surface area contributed by atoms with Crippen molar-refractivity contribution in [1.29, 1.82) is 0 Å². The van der Waals surface area contributed by atoms with E-state index < -0.39 is 0 Å². The van der Waals surface area contributed by atoms with Gasteiger partial charge in [-0.3, -0.25) is 4.98 Å². The van der Waals surface area contributed by atoms with Crippen LogP contribution in [0.4, 0.5) is 0 Å². The summed E-state index contributed by atoms with van der Waals surface area (Å²) in [6, 6.07) is 1.99. The second kappa shape index (κ2) is 3.86. The van der Waals surface area contributed by atoms with E-state index in [0.717, 1.165) is 5.69 Å². The third-order valence-electron chi connectivity index (χ3n) is 1.81. The van der Waals surface area contributed by atoms with Crippen LogP contribution in [0, 0.1) is 6.92 Å². The maximum atomic E-state index is 4.21. The zero-order valence-corrected chi connectivity index (χ0v) is 7.54. The minimum Gasteiger partial charge on any atom is -0.261 e. The molecular formula is C11H13N. The topological polar surface area (TPSA) is 12.9 Å². The molecule has 0 atom stereocenters. The largest absolute Gasteiger partial charge is 0.261 e. The van der Waals surface area contributed by atoms with Crippen LogP contribution in [0.5, 0.6) is 0 Å². The van der Waals surface area contributed by atoms with Crippen molar-refractivity contribution in [2.24, 2.45) is 0 Å². The summed E-state index contributed by atoms with van der Waals surface area (Å²) in [4.78, 5) is 4.21. The van der Waals surface area contributed by atoms with E-state index in [1.165, 1.54) is 10.4 Å². The number of nitrogens with zero attached hydrogens (tertiary/aromatic N) is 1. The van der Waals surface area contributed by atoms with Gasteiger partial charge < -0.3 is 0 Å². The fourth-order valence-electron chi connectivity index (χ4n) is 1.25. The molecule has 0 radical (unpaired) electrons. The number of allylic oxidation sites excluding steroid dienone is 1. The van der Waals surface area contributed by atoms with Crippen LogP contribution in [0.1, 0.15) is 12.6 Å². The van der Waals surface area contributed by atoms with Crippen molar-refractivity contribution < 1.29 is 0 Å². The Balaban J connectivity index is 3.61. The molecule has 0 N–H and O–H groups in total. The van der Waals surface area contributed by atoms with Gasteiger partial charge in [0.15, 0.2) is 0 Å². The maximum absolute atomic E-state index is 4.21. The van der Waals surface area contributed by atoms with Gasteiger partial charge in [0, 0.05) is 11.9 Å². The van der Waals surface area contributed by atoms with Crippen LogP contribution in [0.25, 0.3) is 12.2 Å². The van der Waals surface area contributed by atoms with E-state index in [0.29, 0.717) is 0 Å². The van der Waals surface area contributed by atoms with E-state index >= 15 is 0 Å². The Labute approximate surface area is 72.8 Å². The summed E-state index contributed by atoms with van der Waals surface area (Å²) in [6.45, 7) is 7.70. The fraction of sp³-hybridized carbons (Fsp3) is 0.182. The second-order valence-electron chi connectivity index (χ2n) is 2.59. The molecule has 0 aliphatic rings. The van der Waals surface area contributed by atoms with Crippen molar-refractivity contribution in [1.82, 2.24) is 4.98 Å². The van der Waals surface area contributed by atoms with Crippen molar-refractivity contribution in [3.8, 4) is 0 Å². The van der Waals surface area contributed by atoms with Crippen molar-refractivity contribution in [2.45, 2.75) is 13.8 Å². The van der Waals surface area contributed by atoms with Gasteiger partial charge in [0.05, 0.1) is 0 Å². The summed E-state index contributed by atoms with van der Waals surface area (Å²) in [5, 5.41) is 2.37. The van der Waals surface area contributed by atoms with Crippen LogP contribution < -0.4 is 10.4 Å². The molecule has 0 aliphatic carbocycles. The van der Waals surface area contributed by atoms with Gasteiger partial charge in [-0.2, -0.15) is 0 Å². The summed E-state index contributed by atoms with van der Waals surface area (Å²) < 4.78 is 0. The van der Waals surface area contributed by atoms with E-state index in [1.54, 1.807) is 6.08 Å². The second-order valence-corrected chi connectivity index (χ2v) is 2.59. The van der Waals surface area contributed by atoms with Gasteiger partial charge >= 0.3 is 0 Å². The molecule has 1 heterocycles. The molecule has 1 aromatic rings. The van der Waals surface area contributed by atoms with E-state index in [9.17, 15) is 0 Å². The summed E-state index contributed by atoms with van der Waals surface area (Å²) in [7, 11) is 0. The summed E-state index contributed by atoms with van der Waals surface area (Å²) >= 11 is 0. The molecule has 0 saturated carbocycles. The monoisotopic (exact) mass is 159 g/mol. The Morgan fingerprint density at radius 1 is 1.50 bits per heavy atom. The predicted molar refractivity (Wildman–Crippen MR) is 53.0 cm³/mol. The summed E-state index contributed by atoms with van der Waals surface area (Å²) in [6.07, 6.45) is 7.67. The molecular weight excluding hydrogens is 146 g/mol. The van der Waals surface area contributed by atoms with Crippen LogP contribution in [-0.2, 0) is 0 Å². The molecule has 1 rings (SSSR count). The zero-order chi connectivity index (χ0) is 8.97. The number of hydrogen-bond donors (Lipinski definition) is 0. The number of hydrogen-bond acceptors (Lipinski definition) is 1. The lowest BCUT2D eigenvalue weighted by Crippen LogP contribution is -2.27. The van der Waals surface area contributed by atoms with Crippen molar-refractivity contribution in [2.75, 3.05) is 0 Å². The van der Waals surface area contributed by atoms with E-state index in [2.05, 4.69) is 17.6 Å². The van der Waals surface area contributed by atoms with E-state index in [1.807, 2.05) is 32.2 Å².